The summed E-state index contributed by atoms with van der Waals surface area (Å²) in [6, 6.07) is 10.6. The molecule has 2 aromatic rings. The molecule has 2 fully saturated rings. The summed E-state index contributed by atoms with van der Waals surface area (Å²) in [6.45, 7) is 7.81. The first-order chi connectivity index (χ1) is 15.6. The normalized spacial score (nSPS) is 19.7. The third-order valence-electron chi connectivity index (χ3n) is 6.55. The summed E-state index contributed by atoms with van der Waals surface area (Å²) in [4.78, 5) is 31.0. The van der Waals surface area contributed by atoms with E-state index in [9.17, 15) is 9.59 Å². The van der Waals surface area contributed by atoms with Crippen LogP contribution in [0.15, 0.2) is 35.7 Å². The monoisotopic (exact) mass is 455 g/mol. The maximum absolute atomic E-state index is 13.0. The number of nitrogens with zero attached hydrogens (tertiary/aromatic N) is 3. The fourth-order valence-corrected chi connectivity index (χ4v) is 5.46. The fraction of sp³-hybridized carbons (Fsp3) is 0.520. The van der Waals surface area contributed by atoms with E-state index in [1.54, 1.807) is 11.3 Å². The van der Waals surface area contributed by atoms with Gasteiger partial charge in [-0.1, -0.05) is 12.1 Å². The summed E-state index contributed by atoms with van der Waals surface area (Å²) in [5, 5.41) is 2.00. The van der Waals surface area contributed by atoms with Crippen LogP contribution in [0.1, 0.15) is 46.5 Å². The molecular formula is C25H33N3O3S. The van der Waals surface area contributed by atoms with E-state index in [0.29, 0.717) is 6.61 Å². The Morgan fingerprint density at radius 3 is 2.56 bits per heavy atom. The topological polar surface area (TPSA) is 53.1 Å². The zero-order valence-corrected chi connectivity index (χ0v) is 19.7. The van der Waals surface area contributed by atoms with Gasteiger partial charge in [0.25, 0.3) is 5.91 Å². The van der Waals surface area contributed by atoms with Gasteiger partial charge in [-0.15, -0.1) is 11.3 Å². The lowest BCUT2D eigenvalue weighted by Crippen LogP contribution is -2.45. The molecule has 2 saturated heterocycles. The fourth-order valence-electron chi connectivity index (χ4n) is 4.58. The minimum Gasteiger partial charge on any atom is -0.494 e. The lowest BCUT2D eigenvalue weighted by atomic mass is 9.99. The van der Waals surface area contributed by atoms with Crippen LogP contribution in [0.5, 0.6) is 5.75 Å². The van der Waals surface area contributed by atoms with Crippen molar-refractivity contribution < 1.29 is 14.3 Å². The molecule has 4 rings (SSSR count). The minimum atomic E-state index is 0.181. The van der Waals surface area contributed by atoms with Gasteiger partial charge in [0.2, 0.25) is 6.41 Å². The van der Waals surface area contributed by atoms with E-state index in [0.717, 1.165) is 81.1 Å². The molecule has 0 aliphatic carbocycles. The molecule has 7 heteroatoms. The Balaban J connectivity index is 1.25. The van der Waals surface area contributed by atoms with Crippen molar-refractivity contribution in [3.63, 3.8) is 0 Å². The molecule has 0 N–H and O–H groups in total. The van der Waals surface area contributed by atoms with Crippen LogP contribution in [0.25, 0.3) is 0 Å². The Labute approximate surface area is 194 Å². The van der Waals surface area contributed by atoms with Crippen LogP contribution < -0.4 is 4.74 Å². The average molecular weight is 456 g/mol. The Morgan fingerprint density at radius 2 is 1.88 bits per heavy atom. The predicted molar refractivity (Wildman–Crippen MR) is 127 cm³/mol. The smallest absolute Gasteiger partial charge is 0.264 e. The van der Waals surface area contributed by atoms with E-state index in [4.69, 9.17) is 4.74 Å². The molecule has 0 radical (unpaired) electrons. The molecule has 3 heterocycles. The number of hydrogen-bond acceptors (Lipinski definition) is 5. The SMILES string of the molecule is Cc1ccsc1C(=O)N1CCCC[C@@H]1CCOc1ccc(CN2CCN(C=O)CC2)cc1. The average Bonchev–Trinajstić information content (AvgIpc) is 3.26. The van der Waals surface area contributed by atoms with Gasteiger partial charge in [0, 0.05) is 51.7 Å². The van der Waals surface area contributed by atoms with Gasteiger partial charge in [0.15, 0.2) is 0 Å². The number of thiophene rings is 1. The number of carbonyl (C=O) groups is 2. The molecule has 2 amide bonds. The van der Waals surface area contributed by atoms with Crippen LogP contribution in [-0.2, 0) is 11.3 Å². The number of hydrogen-bond donors (Lipinski definition) is 0. The van der Waals surface area contributed by atoms with Gasteiger partial charge in [-0.2, -0.15) is 0 Å². The number of rotatable bonds is 8. The summed E-state index contributed by atoms with van der Waals surface area (Å²) in [7, 11) is 0. The first-order valence-electron chi connectivity index (χ1n) is 11.6. The summed E-state index contributed by atoms with van der Waals surface area (Å²) >= 11 is 1.55. The molecule has 0 saturated carbocycles. The molecule has 0 unspecified atom stereocenters. The number of likely N-dealkylation sites (tertiary alicyclic amines) is 1. The second-order valence-corrected chi connectivity index (χ2v) is 9.70. The molecule has 172 valence electrons. The highest BCUT2D eigenvalue weighted by molar-refractivity contribution is 7.12. The number of piperidine rings is 1. The highest BCUT2D eigenvalue weighted by Gasteiger charge is 2.28. The van der Waals surface area contributed by atoms with E-state index >= 15 is 0 Å². The summed E-state index contributed by atoms with van der Waals surface area (Å²) < 4.78 is 6.03. The summed E-state index contributed by atoms with van der Waals surface area (Å²) in [6.07, 6.45) is 5.11. The van der Waals surface area contributed by atoms with Gasteiger partial charge < -0.3 is 14.5 Å². The largest absolute Gasteiger partial charge is 0.494 e. The molecule has 2 aliphatic rings. The van der Waals surface area contributed by atoms with Gasteiger partial charge in [0.1, 0.15) is 5.75 Å². The highest BCUT2D eigenvalue weighted by Crippen LogP contribution is 2.26. The van der Waals surface area contributed by atoms with Crippen LogP contribution in [-0.4, -0.2) is 72.4 Å². The van der Waals surface area contributed by atoms with E-state index in [1.165, 1.54) is 12.0 Å². The number of benzene rings is 1. The van der Waals surface area contributed by atoms with Crippen LogP contribution >= 0.6 is 11.3 Å². The van der Waals surface area contributed by atoms with Crippen molar-refractivity contribution in [2.45, 2.75) is 45.2 Å². The van der Waals surface area contributed by atoms with Gasteiger partial charge in [-0.05, 0) is 60.9 Å². The molecule has 32 heavy (non-hydrogen) atoms. The van der Waals surface area contributed by atoms with Crippen molar-refractivity contribution in [3.8, 4) is 5.75 Å². The first-order valence-corrected chi connectivity index (χ1v) is 12.5. The predicted octanol–water partition coefficient (Wildman–Crippen LogP) is 3.79. The van der Waals surface area contributed by atoms with Crippen molar-refractivity contribution in [3.05, 3.63) is 51.7 Å². The maximum atomic E-state index is 13.0. The van der Waals surface area contributed by atoms with Gasteiger partial charge in [0.05, 0.1) is 11.5 Å². The van der Waals surface area contributed by atoms with Gasteiger partial charge in [-0.3, -0.25) is 14.5 Å². The van der Waals surface area contributed by atoms with Crippen molar-refractivity contribution in [1.82, 2.24) is 14.7 Å². The third kappa shape index (κ3) is 5.70. The van der Waals surface area contributed by atoms with Gasteiger partial charge in [-0.25, -0.2) is 0 Å². The molecular weight excluding hydrogens is 422 g/mol. The molecule has 6 nitrogen and oxygen atoms in total. The van der Waals surface area contributed by atoms with E-state index < -0.39 is 0 Å². The highest BCUT2D eigenvalue weighted by atomic mass is 32.1. The molecule has 0 bridgehead atoms. The summed E-state index contributed by atoms with van der Waals surface area (Å²) in [5.41, 5.74) is 2.33. The minimum absolute atomic E-state index is 0.181. The van der Waals surface area contributed by atoms with Crippen LogP contribution in [0.3, 0.4) is 0 Å². The molecule has 0 spiro atoms. The van der Waals surface area contributed by atoms with Crippen LogP contribution in [0.4, 0.5) is 0 Å². The van der Waals surface area contributed by atoms with E-state index in [2.05, 4.69) is 21.9 Å². The van der Waals surface area contributed by atoms with Crippen molar-refractivity contribution in [2.75, 3.05) is 39.3 Å². The maximum Gasteiger partial charge on any atom is 0.264 e. The Kier molecular flexibility index (Phi) is 7.81. The number of carbonyl (C=O) groups excluding carboxylic acids is 2. The van der Waals surface area contributed by atoms with Crippen molar-refractivity contribution in [2.24, 2.45) is 0 Å². The Bertz CT molecular complexity index is 890. The zero-order chi connectivity index (χ0) is 22.3. The van der Waals surface area contributed by atoms with Crippen molar-refractivity contribution >= 4 is 23.7 Å². The second kappa shape index (κ2) is 11.0. The molecule has 1 aromatic heterocycles. The molecule has 1 aromatic carbocycles. The lowest BCUT2D eigenvalue weighted by Gasteiger charge is -2.35. The quantitative estimate of drug-likeness (QED) is 0.569. The third-order valence-corrected chi connectivity index (χ3v) is 7.55. The van der Waals surface area contributed by atoms with Crippen LogP contribution in [0, 0.1) is 6.92 Å². The number of aryl methyl sites for hydroxylation is 1. The van der Waals surface area contributed by atoms with Gasteiger partial charge >= 0.3 is 0 Å². The number of amides is 2. The Hall–Kier alpha value is -2.38. The number of piperazine rings is 1. The van der Waals surface area contributed by atoms with Crippen LogP contribution in [0.2, 0.25) is 0 Å². The molecule has 2 aliphatic heterocycles. The Morgan fingerprint density at radius 1 is 1.09 bits per heavy atom. The standard InChI is InChI=1S/C25H33N3O3S/c1-20-10-17-32-24(20)25(30)28-11-3-2-4-22(28)9-16-31-23-7-5-21(6-8-23)18-26-12-14-27(19-29)15-13-26/h5-8,10,17,19,22H,2-4,9,11-16,18H2,1H3/t22-/m1/s1. The number of ether oxygens (including phenoxy) is 1. The lowest BCUT2D eigenvalue weighted by molar-refractivity contribution is -0.119. The second-order valence-electron chi connectivity index (χ2n) is 8.78. The van der Waals surface area contributed by atoms with Crippen molar-refractivity contribution in [1.29, 1.82) is 0 Å². The summed E-state index contributed by atoms with van der Waals surface area (Å²) in [5.74, 6) is 1.06. The first kappa shape index (κ1) is 22.8. The molecule has 1 atom stereocenters. The van der Waals surface area contributed by atoms with E-state index in [-0.39, 0.29) is 11.9 Å². The van der Waals surface area contributed by atoms with E-state index in [1.807, 2.05) is 35.4 Å². The zero-order valence-electron chi connectivity index (χ0n) is 18.9.